The van der Waals surface area contributed by atoms with E-state index in [9.17, 15) is 5.11 Å². The summed E-state index contributed by atoms with van der Waals surface area (Å²) in [7, 11) is 0. The van der Waals surface area contributed by atoms with E-state index < -0.39 is 0 Å². The Morgan fingerprint density at radius 3 is 2.63 bits per heavy atom. The standard InChI is InChI=1S/C31H38N4O3/c1-2-12-34(26-8-9-27-24(19-26)4-3-5-28(27)36)16-13-33-14-17-35(18-15-33)31-11-7-25(21-32-31)23-6-10-29-30(20-23)38-22-37-29/h3-7,10-11,20-21,26,36H,2,8-9,12-19,22H2,1H3/t26-/m0/s1. The first-order valence-electron chi connectivity index (χ1n) is 14.0. The van der Waals surface area contributed by atoms with Crippen LogP contribution < -0.4 is 14.4 Å². The Morgan fingerprint density at radius 1 is 0.974 bits per heavy atom. The van der Waals surface area contributed by atoms with Crippen molar-refractivity contribution in [1.29, 1.82) is 0 Å². The van der Waals surface area contributed by atoms with E-state index in [1.807, 2.05) is 30.5 Å². The van der Waals surface area contributed by atoms with Gasteiger partial charge < -0.3 is 19.5 Å². The van der Waals surface area contributed by atoms with Crippen LogP contribution in [0.2, 0.25) is 0 Å². The van der Waals surface area contributed by atoms with Gasteiger partial charge in [-0.2, -0.15) is 0 Å². The lowest BCUT2D eigenvalue weighted by molar-refractivity contribution is 0.145. The van der Waals surface area contributed by atoms with Crippen LogP contribution in [0.4, 0.5) is 5.82 Å². The maximum Gasteiger partial charge on any atom is 0.231 e. The Bertz CT molecular complexity index is 1240. The van der Waals surface area contributed by atoms with Gasteiger partial charge in [-0.05, 0) is 79.3 Å². The summed E-state index contributed by atoms with van der Waals surface area (Å²) in [5, 5.41) is 10.2. The summed E-state index contributed by atoms with van der Waals surface area (Å²) >= 11 is 0. The number of piperazine rings is 1. The topological polar surface area (TPSA) is 61.3 Å². The zero-order valence-corrected chi connectivity index (χ0v) is 22.3. The van der Waals surface area contributed by atoms with Crippen LogP contribution in [0.5, 0.6) is 17.2 Å². The molecule has 7 heteroatoms. The number of anilines is 1. The molecule has 2 aromatic carbocycles. The lowest BCUT2D eigenvalue weighted by Gasteiger charge is -2.39. The molecule has 0 unspecified atom stereocenters. The minimum atomic E-state index is 0.291. The van der Waals surface area contributed by atoms with Crippen molar-refractivity contribution in [3.05, 3.63) is 65.9 Å². The number of pyridine rings is 1. The maximum atomic E-state index is 10.2. The van der Waals surface area contributed by atoms with Gasteiger partial charge in [-0.15, -0.1) is 0 Å². The smallest absolute Gasteiger partial charge is 0.231 e. The number of benzene rings is 2. The molecule has 1 atom stereocenters. The molecule has 0 amide bonds. The van der Waals surface area contributed by atoms with Gasteiger partial charge in [-0.1, -0.05) is 25.1 Å². The van der Waals surface area contributed by atoms with Gasteiger partial charge >= 0.3 is 0 Å². The minimum absolute atomic E-state index is 0.291. The molecule has 1 saturated heterocycles. The predicted molar refractivity (Wildman–Crippen MR) is 150 cm³/mol. The molecule has 3 aromatic rings. The average molecular weight is 515 g/mol. The van der Waals surface area contributed by atoms with E-state index >= 15 is 0 Å². The van der Waals surface area contributed by atoms with E-state index in [0.717, 1.165) is 99.1 Å². The Labute approximate surface area is 225 Å². The Morgan fingerprint density at radius 2 is 1.82 bits per heavy atom. The Kier molecular flexibility index (Phi) is 7.38. The van der Waals surface area contributed by atoms with Crippen molar-refractivity contribution < 1.29 is 14.6 Å². The van der Waals surface area contributed by atoms with Crippen LogP contribution >= 0.6 is 0 Å². The van der Waals surface area contributed by atoms with Crippen LogP contribution in [0, 0.1) is 0 Å². The van der Waals surface area contributed by atoms with Gasteiger partial charge in [0, 0.05) is 57.1 Å². The molecule has 0 saturated carbocycles. The quantitative estimate of drug-likeness (QED) is 0.472. The van der Waals surface area contributed by atoms with Crippen LogP contribution in [0.3, 0.4) is 0 Å². The lowest BCUT2D eigenvalue weighted by atomic mass is 9.87. The molecule has 0 bridgehead atoms. The number of ether oxygens (including phenoxy) is 2. The second-order valence-electron chi connectivity index (χ2n) is 10.6. The van der Waals surface area contributed by atoms with Crippen molar-refractivity contribution in [3.63, 3.8) is 0 Å². The van der Waals surface area contributed by atoms with Gasteiger partial charge in [0.25, 0.3) is 0 Å². The van der Waals surface area contributed by atoms with Gasteiger partial charge in [0.15, 0.2) is 11.5 Å². The van der Waals surface area contributed by atoms with Crippen LogP contribution in [0.1, 0.15) is 30.9 Å². The summed E-state index contributed by atoms with van der Waals surface area (Å²) in [5.74, 6) is 3.12. The zero-order valence-electron chi connectivity index (χ0n) is 22.3. The Balaban J connectivity index is 1.01. The molecule has 1 aromatic heterocycles. The number of aromatic hydroxyl groups is 1. The molecule has 2 aliphatic heterocycles. The number of phenols is 1. The van der Waals surface area contributed by atoms with Crippen LogP contribution in [0.15, 0.2) is 54.7 Å². The number of hydrogen-bond donors (Lipinski definition) is 1. The molecule has 200 valence electrons. The maximum absolute atomic E-state index is 10.2. The molecule has 3 heterocycles. The number of nitrogens with zero attached hydrogens (tertiary/aromatic N) is 4. The molecule has 1 aliphatic carbocycles. The molecule has 6 rings (SSSR count). The highest BCUT2D eigenvalue weighted by atomic mass is 16.7. The largest absolute Gasteiger partial charge is 0.508 e. The third-order valence-electron chi connectivity index (χ3n) is 8.31. The van der Waals surface area contributed by atoms with Crippen molar-refractivity contribution in [2.45, 2.75) is 38.6 Å². The van der Waals surface area contributed by atoms with Gasteiger partial charge in [0.05, 0.1) is 0 Å². The summed E-state index contributed by atoms with van der Waals surface area (Å²) in [4.78, 5) is 12.5. The van der Waals surface area contributed by atoms with Gasteiger partial charge in [0.2, 0.25) is 6.79 Å². The lowest BCUT2D eigenvalue weighted by Crippen LogP contribution is -2.50. The van der Waals surface area contributed by atoms with Gasteiger partial charge in [-0.3, -0.25) is 9.80 Å². The van der Waals surface area contributed by atoms with E-state index in [1.54, 1.807) is 0 Å². The molecule has 1 N–H and O–H groups in total. The molecule has 0 spiro atoms. The predicted octanol–water partition coefficient (Wildman–Crippen LogP) is 4.57. The molecular weight excluding hydrogens is 476 g/mol. The van der Waals surface area contributed by atoms with Crippen molar-refractivity contribution in [3.8, 4) is 28.4 Å². The number of aromatic nitrogens is 1. The highest BCUT2D eigenvalue weighted by Crippen LogP contribution is 2.36. The van der Waals surface area contributed by atoms with Gasteiger partial charge in [0.1, 0.15) is 11.6 Å². The van der Waals surface area contributed by atoms with E-state index in [1.165, 1.54) is 12.0 Å². The van der Waals surface area contributed by atoms with Crippen molar-refractivity contribution in [1.82, 2.24) is 14.8 Å². The Hall–Kier alpha value is -3.29. The van der Waals surface area contributed by atoms with E-state index in [0.29, 0.717) is 18.6 Å². The van der Waals surface area contributed by atoms with E-state index in [-0.39, 0.29) is 0 Å². The molecule has 38 heavy (non-hydrogen) atoms. The van der Waals surface area contributed by atoms with Gasteiger partial charge in [-0.25, -0.2) is 4.98 Å². The van der Waals surface area contributed by atoms with Crippen LogP contribution in [-0.4, -0.2) is 78.5 Å². The summed E-state index contributed by atoms with van der Waals surface area (Å²) in [6, 6.07) is 16.9. The normalized spacial score (nSPS) is 19.1. The van der Waals surface area contributed by atoms with E-state index in [2.05, 4.69) is 45.9 Å². The highest BCUT2D eigenvalue weighted by Gasteiger charge is 2.26. The SMILES string of the molecule is CCCN(CCN1CCN(c2ccc(-c3ccc4c(c3)OCO4)cn2)CC1)[C@H]1CCc2c(O)cccc2C1. The van der Waals surface area contributed by atoms with Crippen LogP contribution in [-0.2, 0) is 12.8 Å². The number of fused-ring (bicyclic) bond motifs is 2. The fourth-order valence-corrected chi connectivity index (χ4v) is 6.13. The van der Waals surface area contributed by atoms with Crippen LogP contribution in [0.25, 0.3) is 11.1 Å². The van der Waals surface area contributed by atoms with E-state index in [4.69, 9.17) is 14.5 Å². The second kappa shape index (κ2) is 11.2. The molecular formula is C31H38N4O3. The summed E-state index contributed by atoms with van der Waals surface area (Å²) in [6.45, 7) is 10.0. The zero-order chi connectivity index (χ0) is 25.9. The molecule has 1 fully saturated rings. The monoisotopic (exact) mass is 514 g/mol. The summed E-state index contributed by atoms with van der Waals surface area (Å²) < 4.78 is 10.9. The number of hydrogen-bond acceptors (Lipinski definition) is 7. The van der Waals surface area contributed by atoms with Crippen molar-refractivity contribution in [2.24, 2.45) is 0 Å². The summed E-state index contributed by atoms with van der Waals surface area (Å²) in [5.41, 5.74) is 4.66. The third kappa shape index (κ3) is 5.31. The minimum Gasteiger partial charge on any atom is -0.508 e. The average Bonchev–Trinajstić information content (AvgIpc) is 3.44. The van der Waals surface area contributed by atoms with Crippen molar-refractivity contribution in [2.75, 3.05) is 57.5 Å². The molecule has 7 nitrogen and oxygen atoms in total. The first-order chi connectivity index (χ1) is 18.7. The third-order valence-corrected chi connectivity index (χ3v) is 8.31. The fraction of sp³-hybridized carbons (Fsp3) is 0.452. The van der Waals surface area contributed by atoms with Crippen molar-refractivity contribution >= 4 is 5.82 Å². The number of rotatable bonds is 8. The first-order valence-corrected chi connectivity index (χ1v) is 14.0. The molecule has 0 radical (unpaired) electrons. The number of phenolic OH excluding ortho intramolecular Hbond substituents is 1. The second-order valence-corrected chi connectivity index (χ2v) is 10.6. The fourth-order valence-electron chi connectivity index (χ4n) is 6.13. The highest BCUT2D eigenvalue weighted by molar-refractivity contribution is 5.67. The first kappa shape index (κ1) is 25.0. The summed E-state index contributed by atoms with van der Waals surface area (Å²) in [6.07, 6.45) is 6.29. The molecule has 3 aliphatic rings.